The van der Waals surface area contributed by atoms with Crippen molar-refractivity contribution in [1.29, 1.82) is 0 Å². The van der Waals surface area contributed by atoms with E-state index in [4.69, 9.17) is 92.8 Å². The summed E-state index contributed by atoms with van der Waals surface area (Å²) in [6.07, 6.45) is 0. The topological polar surface area (TPSA) is 101 Å². The van der Waals surface area contributed by atoms with Gasteiger partial charge in [-0.05, 0) is 36.4 Å². The molecule has 39 heavy (non-hydrogen) atoms. The molecule has 1 heterocycles. The lowest BCUT2D eigenvalue weighted by Gasteiger charge is -2.37. The SMILES string of the molecule is O=C(c1ccc(Cl)cc1)N(Cc1ccc(Cl)cc1[N+](=O)[O-])N1C(=O)[C@@H]2[C@@H](C1=O)[C@@]1(Cl)C(Cl)=C(Cl)[C@@]2(Cl)C1(Cl)Cl. The molecule has 3 aliphatic rings. The van der Waals surface area contributed by atoms with E-state index in [1.165, 1.54) is 36.4 Å². The third kappa shape index (κ3) is 3.76. The fraction of sp³-hybridized carbons (Fsp3) is 0.261. The molecule has 0 spiro atoms. The molecule has 8 nitrogen and oxygen atoms in total. The number of benzene rings is 2. The molecule has 0 N–H and O–H groups in total. The Balaban J connectivity index is 1.65. The molecule has 1 saturated heterocycles. The number of amides is 3. The molecular formula is C23H11Cl8N3O5. The van der Waals surface area contributed by atoms with Crippen molar-refractivity contribution in [3.05, 3.63) is 83.8 Å². The van der Waals surface area contributed by atoms with E-state index >= 15 is 0 Å². The third-order valence-electron chi connectivity index (χ3n) is 7.02. The van der Waals surface area contributed by atoms with Gasteiger partial charge < -0.3 is 0 Å². The van der Waals surface area contributed by atoms with Gasteiger partial charge in [-0.15, -0.1) is 23.2 Å². The van der Waals surface area contributed by atoms with Crippen molar-refractivity contribution in [3.8, 4) is 0 Å². The Morgan fingerprint density at radius 3 is 1.85 bits per heavy atom. The molecular weight excluding hydrogens is 682 g/mol. The predicted molar refractivity (Wildman–Crippen MR) is 149 cm³/mol. The summed E-state index contributed by atoms with van der Waals surface area (Å²) < 4.78 is -2.18. The first kappa shape index (κ1) is 29.0. The lowest BCUT2D eigenvalue weighted by molar-refractivity contribution is -0.385. The molecule has 0 aromatic heterocycles. The molecule has 2 fully saturated rings. The van der Waals surface area contributed by atoms with Gasteiger partial charge in [0.25, 0.3) is 23.4 Å². The number of nitro benzene ring substituents is 1. The summed E-state index contributed by atoms with van der Waals surface area (Å²) in [4.78, 5) is 48.4. The first-order valence-electron chi connectivity index (χ1n) is 10.8. The molecule has 1 saturated carbocycles. The summed E-state index contributed by atoms with van der Waals surface area (Å²) in [5, 5.41) is 12.8. The van der Waals surface area contributed by atoms with Crippen LogP contribution in [0.15, 0.2) is 52.5 Å². The van der Waals surface area contributed by atoms with Crippen LogP contribution in [-0.4, -0.2) is 46.7 Å². The van der Waals surface area contributed by atoms with Crippen LogP contribution in [0.3, 0.4) is 0 Å². The number of hydrogen-bond donors (Lipinski definition) is 0. The van der Waals surface area contributed by atoms with E-state index in [0.29, 0.717) is 10.0 Å². The van der Waals surface area contributed by atoms with Crippen molar-refractivity contribution in [3.63, 3.8) is 0 Å². The van der Waals surface area contributed by atoms with Crippen LogP contribution >= 0.6 is 92.8 Å². The Morgan fingerprint density at radius 1 is 0.872 bits per heavy atom. The second-order valence-corrected chi connectivity index (χ2v) is 13.1. The Kier molecular flexibility index (Phi) is 7.09. The molecule has 4 atom stereocenters. The zero-order valence-electron chi connectivity index (χ0n) is 18.8. The molecule has 2 aromatic rings. The van der Waals surface area contributed by atoms with Crippen LogP contribution in [0.4, 0.5) is 5.69 Å². The Morgan fingerprint density at radius 2 is 1.36 bits per heavy atom. The minimum Gasteiger partial charge on any atom is -0.272 e. The van der Waals surface area contributed by atoms with E-state index in [9.17, 15) is 24.5 Å². The molecule has 5 rings (SSSR count). The number of carbonyl (C=O) groups is 3. The van der Waals surface area contributed by atoms with Gasteiger partial charge in [0.2, 0.25) is 0 Å². The fourth-order valence-electron chi connectivity index (χ4n) is 5.20. The Labute approximate surface area is 260 Å². The number of allylic oxidation sites excluding steroid dienone is 2. The number of alkyl halides is 4. The van der Waals surface area contributed by atoms with E-state index in [1.54, 1.807) is 0 Å². The van der Waals surface area contributed by atoms with E-state index in [0.717, 1.165) is 11.1 Å². The van der Waals surface area contributed by atoms with Crippen molar-refractivity contribution in [2.24, 2.45) is 11.8 Å². The summed E-state index contributed by atoms with van der Waals surface area (Å²) in [7, 11) is 0. The number of nitro groups is 1. The summed E-state index contributed by atoms with van der Waals surface area (Å²) in [5.74, 6) is -5.92. The van der Waals surface area contributed by atoms with Crippen molar-refractivity contribution in [1.82, 2.24) is 10.0 Å². The van der Waals surface area contributed by atoms with Crippen molar-refractivity contribution < 1.29 is 19.3 Å². The number of fused-ring (bicyclic) bond motifs is 5. The number of hydrazine groups is 1. The minimum absolute atomic E-state index is 0.0102. The van der Waals surface area contributed by atoms with Crippen LogP contribution in [0.1, 0.15) is 15.9 Å². The summed E-state index contributed by atoms with van der Waals surface area (Å²) in [6, 6.07) is 9.27. The van der Waals surface area contributed by atoms with Gasteiger partial charge in [-0.25, -0.2) is 5.01 Å². The van der Waals surface area contributed by atoms with Crippen molar-refractivity contribution >= 4 is 116 Å². The molecule has 2 bridgehead atoms. The Bertz CT molecular complexity index is 1470. The number of rotatable bonds is 5. The van der Waals surface area contributed by atoms with Gasteiger partial charge in [-0.2, -0.15) is 5.01 Å². The highest BCUT2D eigenvalue weighted by Crippen LogP contribution is 2.77. The second kappa shape index (κ2) is 9.53. The molecule has 0 unspecified atom stereocenters. The summed E-state index contributed by atoms with van der Waals surface area (Å²) in [6.45, 7) is -0.599. The first-order chi connectivity index (χ1) is 18.1. The maximum Gasteiger partial charge on any atom is 0.275 e. The average molecular weight is 693 g/mol. The largest absolute Gasteiger partial charge is 0.275 e. The zero-order chi connectivity index (χ0) is 28.8. The van der Waals surface area contributed by atoms with Crippen LogP contribution in [-0.2, 0) is 16.1 Å². The number of carbonyl (C=O) groups excluding carboxylic acids is 3. The fourth-order valence-corrected chi connectivity index (χ4v) is 8.42. The smallest absolute Gasteiger partial charge is 0.272 e. The van der Waals surface area contributed by atoms with Gasteiger partial charge in [-0.1, -0.05) is 69.6 Å². The van der Waals surface area contributed by atoms with Crippen LogP contribution in [0.2, 0.25) is 10.0 Å². The van der Waals surface area contributed by atoms with Gasteiger partial charge >= 0.3 is 0 Å². The molecule has 3 amide bonds. The lowest BCUT2D eigenvalue weighted by Crippen LogP contribution is -2.55. The Hall–Kier alpha value is -1.49. The van der Waals surface area contributed by atoms with Crippen LogP contribution in [0, 0.1) is 22.0 Å². The predicted octanol–water partition coefficient (Wildman–Crippen LogP) is 6.91. The zero-order valence-corrected chi connectivity index (χ0v) is 24.9. The lowest BCUT2D eigenvalue weighted by atomic mass is 9.84. The number of halogens is 8. The van der Waals surface area contributed by atoms with E-state index in [-0.39, 0.29) is 26.2 Å². The van der Waals surface area contributed by atoms with Gasteiger partial charge in [0.15, 0.2) is 4.33 Å². The maximum atomic E-state index is 13.9. The van der Waals surface area contributed by atoms with Crippen LogP contribution in [0.25, 0.3) is 0 Å². The quantitative estimate of drug-likeness (QED) is 0.147. The maximum absolute atomic E-state index is 13.9. The first-order valence-corrected chi connectivity index (χ1v) is 13.8. The van der Waals surface area contributed by atoms with Crippen LogP contribution in [0.5, 0.6) is 0 Å². The molecule has 16 heteroatoms. The van der Waals surface area contributed by atoms with Crippen molar-refractivity contribution in [2.45, 2.75) is 20.6 Å². The van der Waals surface area contributed by atoms with Gasteiger partial charge in [0, 0.05) is 21.7 Å². The monoisotopic (exact) mass is 689 g/mol. The third-order valence-corrected chi connectivity index (χ3v) is 11.8. The molecule has 2 aromatic carbocycles. The van der Waals surface area contributed by atoms with Gasteiger partial charge in [0.1, 0.15) is 9.75 Å². The van der Waals surface area contributed by atoms with E-state index < -0.39 is 60.8 Å². The van der Waals surface area contributed by atoms with E-state index in [1.807, 2.05) is 0 Å². The normalized spacial score (nSPS) is 28.8. The molecule has 204 valence electrons. The standard InChI is InChI=1S/C23H11Cl8N3O5/c24-11-4-1-9(2-5-11)18(35)32(8-10-3-6-12(25)7-13(10)34(38)39)33-19(36)14-15(20(33)37)22(29)17(27)16(26)21(14,28)23(22,30)31/h1-7,14-15H,8H2/t14-,15-,21+,22+/m0/s1. The van der Waals surface area contributed by atoms with Crippen LogP contribution < -0.4 is 0 Å². The number of hydrogen-bond acceptors (Lipinski definition) is 5. The average Bonchev–Trinajstić information content (AvgIpc) is 3.26. The highest BCUT2D eigenvalue weighted by atomic mass is 35.5. The van der Waals surface area contributed by atoms with Gasteiger partial charge in [0.05, 0.1) is 38.9 Å². The molecule has 2 aliphatic carbocycles. The molecule has 1 aliphatic heterocycles. The van der Waals surface area contributed by atoms with Crippen molar-refractivity contribution in [2.75, 3.05) is 0 Å². The second-order valence-electron chi connectivity index (χ2n) is 8.97. The van der Waals surface area contributed by atoms with Gasteiger partial charge in [-0.3, -0.25) is 24.5 Å². The number of nitrogens with zero attached hydrogens (tertiary/aromatic N) is 3. The highest BCUT2D eigenvalue weighted by molar-refractivity contribution is 6.66. The molecule has 0 radical (unpaired) electrons. The highest BCUT2D eigenvalue weighted by Gasteiger charge is 2.88. The minimum atomic E-state index is -2.18. The number of imide groups is 1. The summed E-state index contributed by atoms with van der Waals surface area (Å²) >= 11 is 51.2. The summed E-state index contributed by atoms with van der Waals surface area (Å²) in [5.41, 5.74) is -0.477. The van der Waals surface area contributed by atoms with E-state index in [2.05, 4.69) is 0 Å².